The lowest BCUT2D eigenvalue weighted by molar-refractivity contribution is 0.0586. The van der Waals surface area contributed by atoms with Gasteiger partial charge in [-0.05, 0) is 24.3 Å². The summed E-state index contributed by atoms with van der Waals surface area (Å²) in [6.07, 6.45) is 4.96. The molecule has 1 aliphatic rings. The molecule has 0 bridgehead atoms. The van der Waals surface area contributed by atoms with Crippen LogP contribution in [0.25, 0.3) is 5.82 Å². The number of ether oxygens (including phenoxy) is 1. The predicted molar refractivity (Wildman–Crippen MR) is 100 cm³/mol. The molecule has 1 amide bonds. The highest BCUT2D eigenvalue weighted by atomic mass is 35.5. The van der Waals surface area contributed by atoms with Crippen LogP contribution in [-0.4, -0.2) is 50.0 Å². The van der Waals surface area contributed by atoms with Gasteiger partial charge in [0.05, 0.1) is 10.6 Å². The molecule has 1 aromatic carbocycles. The van der Waals surface area contributed by atoms with Crippen LogP contribution in [0.3, 0.4) is 0 Å². The Morgan fingerprint density at radius 3 is 2.56 bits per heavy atom. The van der Waals surface area contributed by atoms with Crippen molar-refractivity contribution in [3.8, 4) is 11.7 Å². The van der Waals surface area contributed by atoms with E-state index in [4.69, 9.17) is 16.3 Å². The Bertz CT molecular complexity index is 906. The first-order valence-electron chi connectivity index (χ1n) is 8.75. The highest BCUT2D eigenvalue weighted by molar-refractivity contribution is 6.33. The molecule has 0 unspecified atom stereocenters. The number of hydrogen-bond donors (Lipinski definition) is 0. The molecule has 7 nitrogen and oxygen atoms in total. The van der Waals surface area contributed by atoms with E-state index >= 15 is 0 Å². The number of carbonyl (C=O) groups excluding carboxylic acids is 1. The van der Waals surface area contributed by atoms with Gasteiger partial charge in [0.15, 0.2) is 5.82 Å². The summed E-state index contributed by atoms with van der Waals surface area (Å²) >= 11 is 6.13. The van der Waals surface area contributed by atoms with Crippen molar-refractivity contribution < 1.29 is 9.53 Å². The molecule has 4 rings (SSSR count). The molecule has 0 spiro atoms. The normalized spacial score (nSPS) is 14.9. The average molecular weight is 384 g/mol. The molecule has 1 aliphatic heterocycles. The molecule has 0 N–H and O–H groups in total. The molecule has 0 radical (unpaired) electrons. The van der Waals surface area contributed by atoms with Crippen LogP contribution in [0.15, 0.2) is 54.9 Å². The van der Waals surface area contributed by atoms with E-state index in [1.54, 1.807) is 35.3 Å². The highest BCUT2D eigenvalue weighted by Gasteiger charge is 2.26. The first kappa shape index (κ1) is 17.5. The van der Waals surface area contributed by atoms with Crippen molar-refractivity contribution in [3.63, 3.8) is 0 Å². The van der Waals surface area contributed by atoms with Gasteiger partial charge in [-0.2, -0.15) is 5.10 Å². The number of carbonyl (C=O) groups is 1. The summed E-state index contributed by atoms with van der Waals surface area (Å²) in [5, 5.41) is 12.8. The van der Waals surface area contributed by atoms with Crippen molar-refractivity contribution in [2.45, 2.75) is 18.9 Å². The maximum absolute atomic E-state index is 12.6. The second kappa shape index (κ2) is 7.75. The van der Waals surface area contributed by atoms with E-state index in [2.05, 4.69) is 15.3 Å². The van der Waals surface area contributed by atoms with E-state index in [0.717, 1.165) is 12.8 Å². The van der Waals surface area contributed by atoms with Crippen molar-refractivity contribution in [1.29, 1.82) is 0 Å². The summed E-state index contributed by atoms with van der Waals surface area (Å²) in [6, 6.07) is 12.5. The van der Waals surface area contributed by atoms with Gasteiger partial charge in [-0.3, -0.25) is 4.79 Å². The minimum absolute atomic E-state index is 0.00477. The second-order valence-electron chi connectivity index (χ2n) is 6.27. The first-order chi connectivity index (χ1) is 13.2. The predicted octanol–water partition coefficient (Wildman–Crippen LogP) is 3.00. The van der Waals surface area contributed by atoms with Crippen LogP contribution in [0.4, 0.5) is 0 Å². The number of aromatic nitrogens is 4. The number of halogens is 1. The van der Waals surface area contributed by atoms with Gasteiger partial charge < -0.3 is 9.64 Å². The first-order valence-corrected chi connectivity index (χ1v) is 9.13. The Labute approximate surface area is 161 Å². The number of piperidine rings is 1. The van der Waals surface area contributed by atoms with Crippen LogP contribution in [-0.2, 0) is 0 Å². The molecule has 2 aromatic heterocycles. The Hall–Kier alpha value is -2.93. The van der Waals surface area contributed by atoms with E-state index in [1.807, 2.05) is 29.2 Å². The quantitative estimate of drug-likeness (QED) is 0.692. The summed E-state index contributed by atoms with van der Waals surface area (Å²) in [5.41, 5.74) is 0.540. The summed E-state index contributed by atoms with van der Waals surface area (Å²) in [5.74, 6) is 1.07. The fourth-order valence-electron chi connectivity index (χ4n) is 3.05. The van der Waals surface area contributed by atoms with Crippen LogP contribution < -0.4 is 4.74 Å². The Morgan fingerprint density at radius 2 is 1.89 bits per heavy atom. The van der Waals surface area contributed by atoms with Gasteiger partial charge in [0.25, 0.3) is 5.91 Å². The Morgan fingerprint density at radius 1 is 1.07 bits per heavy atom. The fraction of sp³-hybridized carbons (Fsp3) is 0.263. The van der Waals surface area contributed by atoms with Gasteiger partial charge in [-0.15, -0.1) is 10.2 Å². The monoisotopic (exact) mass is 383 g/mol. The van der Waals surface area contributed by atoms with E-state index in [-0.39, 0.29) is 12.0 Å². The number of likely N-dealkylation sites (tertiary alicyclic amines) is 1. The third-order valence-corrected chi connectivity index (χ3v) is 4.82. The Balaban J connectivity index is 1.33. The van der Waals surface area contributed by atoms with E-state index in [0.29, 0.717) is 35.4 Å². The maximum Gasteiger partial charge on any atom is 0.255 e. The zero-order valence-corrected chi connectivity index (χ0v) is 15.3. The van der Waals surface area contributed by atoms with Gasteiger partial charge >= 0.3 is 0 Å². The zero-order valence-electron chi connectivity index (χ0n) is 14.5. The van der Waals surface area contributed by atoms with Crippen molar-refractivity contribution in [3.05, 3.63) is 65.4 Å². The number of amides is 1. The summed E-state index contributed by atoms with van der Waals surface area (Å²) in [6.45, 7) is 1.24. The molecule has 3 heterocycles. The third kappa shape index (κ3) is 3.93. The molecular weight excluding hydrogens is 366 g/mol. The second-order valence-corrected chi connectivity index (χ2v) is 6.68. The zero-order chi connectivity index (χ0) is 18.6. The molecule has 27 heavy (non-hydrogen) atoms. The minimum Gasteiger partial charge on any atom is -0.473 e. The van der Waals surface area contributed by atoms with E-state index in [9.17, 15) is 4.79 Å². The van der Waals surface area contributed by atoms with Crippen molar-refractivity contribution >= 4 is 17.5 Å². The molecule has 1 saturated heterocycles. The molecule has 3 aromatic rings. The van der Waals surface area contributed by atoms with Crippen molar-refractivity contribution in [2.75, 3.05) is 13.1 Å². The van der Waals surface area contributed by atoms with Gasteiger partial charge in [0.2, 0.25) is 5.88 Å². The molecule has 0 atom stereocenters. The average Bonchev–Trinajstić information content (AvgIpc) is 3.24. The smallest absolute Gasteiger partial charge is 0.255 e. The van der Waals surface area contributed by atoms with Gasteiger partial charge in [0.1, 0.15) is 6.10 Å². The number of hydrogen-bond acceptors (Lipinski definition) is 5. The van der Waals surface area contributed by atoms with Crippen LogP contribution >= 0.6 is 11.6 Å². The summed E-state index contributed by atoms with van der Waals surface area (Å²) in [4.78, 5) is 14.4. The lowest BCUT2D eigenvalue weighted by Crippen LogP contribution is -2.42. The van der Waals surface area contributed by atoms with Crippen molar-refractivity contribution in [1.82, 2.24) is 24.9 Å². The minimum atomic E-state index is -0.0394. The maximum atomic E-state index is 12.6. The van der Waals surface area contributed by atoms with E-state index in [1.165, 1.54) is 0 Å². The lowest BCUT2D eigenvalue weighted by atomic mass is 10.1. The van der Waals surface area contributed by atoms with Crippen LogP contribution in [0.5, 0.6) is 5.88 Å². The standard InChI is InChI=1S/C19H18ClN5O2/c20-16-5-2-1-4-15(16)19(26)24-12-8-14(9-13-24)27-18-7-6-17(22-23-18)25-11-3-10-21-25/h1-7,10-11,14H,8-9,12-13H2. The van der Waals surface area contributed by atoms with E-state index < -0.39 is 0 Å². The molecule has 0 aliphatic carbocycles. The van der Waals surface area contributed by atoms with Crippen LogP contribution in [0.1, 0.15) is 23.2 Å². The summed E-state index contributed by atoms with van der Waals surface area (Å²) < 4.78 is 7.55. The van der Waals surface area contributed by atoms with Crippen LogP contribution in [0, 0.1) is 0 Å². The molecule has 8 heteroatoms. The molecular formula is C19H18ClN5O2. The number of nitrogens with zero attached hydrogens (tertiary/aromatic N) is 5. The molecule has 1 fully saturated rings. The lowest BCUT2D eigenvalue weighted by Gasteiger charge is -2.32. The Kier molecular flexibility index (Phi) is 5.02. The largest absolute Gasteiger partial charge is 0.473 e. The SMILES string of the molecule is O=C(c1ccccc1Cl)N1CCC(Oc2ccc(-n3cccn3)nn2)CC1. The third-order valence-electron chi connectivity index (χ3n) is 4.49. The topological polar surface area (TPSA) is 73.1 Å². The number of rotatable bonds is 4. The van der Waals surface area contributed by atoms with Gasteiger partial charge in [-0.25, -0.2) is 4.68 Å². The van der Waals surface area contributed by atoms with Gasteiger partial charge in [-0.1, -0.05) is 23.7 Å². The van der Waals surface area contributed by atoms with Crippen molar-refractivity contribution in [2.24, 2.45) is 0 Å². The number of benzene rings is 1. The molecule has 138 valence electrons. The van der Waals surface area contributed by atoms with Gasteiger partial charge in [0, 0.05) is 44.4 Å². The van der Waals surface area contributed by atoms with Crippen LogP contribution in [0.2, 0.25) is 5.02 Å². The molecule has 0 saturated carbocycles. The summed E-state index contributed by atoms with van der Waals surface area (Å²) in [7, 11) is 0. The highest BCUT2D eigenvalue weighted by Crippen LogP contribution is 2.22. The fourth-order valence-corrected chi connectivity index (χ4v) is 3.27.